The van der Waals surface area contributed by atoms with Gasteiger partial charge < -0.3 is 10.6 Å². The van der Waals surface area contributed by atoms with Crippen LogP contribution >= 0.6 is 0 Å². The van der Waals surface area contributed by atoms with Gasteiger partial charge in [0.15, 0.2) is 17.5 Å². The first kappa shape index (κ1) is 16.8. The number of H-pyrrole nitrogens is 1. The quantitative estimate of drug-likeness (QED) is 0.506. The van der Waals surface area contributed by atoms with E-state index in [1.54, 1.807) is 23.0 Å². The molecule has 0 aliphatic carbocycles. The molecule has 0 radical (unpaired) electrons. The normalized spacial score (nSPS) is 16.7. The molecular formula is C19H17F2N7. The van der Waals surface area contributed by atoms with Gasteiger partial charge in [-0.3, -0.25) is 9.50 Å². The molecule has 0 spiro atoms. The molecule has 0 amide bonds. The highest BCUT2D eigenvalue weighted by Crippen LogP contribution is 2.28. The minimum Gasteiger partial charge on any atom is -0.364 e. The highest BCUT2D eigenvalue weighted by molar-refractivity contribution is 5.68. The SMILES string of the molecule is Fc1cc(F)c(-c2cnc3ccc(-c4cn[nH]c4)cn23)nc1NC1CCNC1. The lowest BCUT2D eigenvalue weighted by molar-refractivity contribution is 0.575. The van der Waals surface area contributed by atoms with E-state index in [4.69, 9.17) is 0 Å². The Kier molecular flexibility index (Phi) is 4.01. The van der Waals surface area contributed by atoms with Crippen LogP contribution in [0.1, 0.15) is 6.42 Å². The van der Waals surface area contributed by atoms with Gasteiger partial charge in [-0.05, 0) is 25.1 Å². The summed E-state index contributed by atoms with van der Waals surface area (Å²) in [5.74, 6) is -1.39. The highest BCUT2D eigenvalue weighted by atomic mass is 19.1. The summed E-state index contributed by atoms with van der Waals surface area (Å²) in [6, 6.07) is 4.67. The van der Waals surface area contributed by atoms with Gasteiger partial charge in [-0.25, -0.2) is 18.7 Å². The van der Waals surface area contributed by atoms with Crippen molar-refractivity contribution in [1.29, 1.82) is 0 Å². The number of anilines is 1. The number of halogens is 2. The van der Waals surface area contributed by atoms with Crippen LogP contribution in [-0.4, -0.2) is 43.7 Å². The zero-order chi connectivity index (χ0) is 19.1. The molecule has 1 saturated heterocycles. The van der Waals surface area contributed by atoms with Crippen LogP contribution in [0.4, 0.5) is 14.6 Å². The molecular weight excluding hydrogens is 364 g/mol. The van der Waals surface area contributed by atoms with Crippen molar-refractivity contribution in [2.45, 2.75) is 12.5 Å². The van der Waals surface area contributed by atoms with Gasteiger partial charge in [0, 0.05) is 42.2 Å². The number of rotatable bonds is 4. The summed E-state index contributed by atoms with van der Waals surface area (Å²) in [7, 11) is 0. The molecule has 0 bridgehead atoms. The lowest BCUT2D eigenvalue weighted by atomic mass is 10.1. The third-order valence-corrected chi connectivity index (χ3v) is 4.91. The second-order valence-electron chi connectivity index (χ2n) is 6.76. The minimum absolute atomic E-state index is 0.0473. The van der Waals surface area contributed by atoms with E-state index in [-0.39, 0.29) is 17.6 Å². The number of nitrogens with one attached hydrogen (secondary N) is 3. The fourth-order valence-electron chi connectivity index (χ4n) is 3.45. The summed E-state index contributed by atoms with van der Waals surface area (Å²) in [5.41, 5.74) is 2.92. The highest BCUT2D eigenvalue weighted by Gasteiger charge is 2.21. The van der Waals surface area contributed by atoms with Gasteiger partial charge in [-0.2, -0.15) is 5.10 Å². The molecule has 9 heteroatoms. The van der Waals surface area contributed by atoms with Gasteiger partial charge in [0.1, 0.15) is 11.3 Å². The van der Waals surface area contributed by atoms with E-state index in [1.165, 1.54) is 0 Å². The Morgan fingerprint density at radius 3 is 2.86 bits per heavy atom. The minimum atomic E-state index is -0.733. The summed E-state index contributed by atoms with van der Waals surface area (Å²) in [4.78, 5) is 8.57. The largest absolute Gasteiger partial charge is 0.364 e. The standard InChI is InChI=1S/C19H17F2N7/c20-14-5-15(21)19(26-13-3-4-22-8-13)27-18(14)16-9-23-17-2-1-11(10-28(16)17)12-6-24-25-7-12/h1-2,5-7,9-10,13,22H,3-4,8H2,(H,24,25)(H,26,27). The zero-order valence-electron chi connectivity index (χ0n) is 14.8. The maximum atomic E-state index is 14.6. The summed E-state index contributed by atoms with van der Waals surface area (Å²) in [5, 5.41) is 13.0. The van der Waals surface area contributed by atoms with Gasteiger partial charge in [-0.1, -0.05) is 0 Å². The summed E-state index contributed by atoms with van der Waals surface area (Å²) >= 11 is 0. The second kappa shape index (κ2) is 6.68. The maximum absolute atomic E-state index is 14.6. The molecule has 1 aliphatic heterocycles. The van der Waals surface area contributed by atoms with Crippen LogP contribution in [0.3, 0.4) is 0 Å². The molecule has 0 aromatic carbocycles. The van der Waals surface area contributed by atoms with Crippen molar-refractivity contribution in [1.82, 2.24) is 29.9 Å². The van der Waals surface area contributed by atoms with Gasteiger partial charge >= 0.3 is 0 Å². The Balaban J connectivity index is 1.60. The number of aromatic nitrogens is 5. The summed E-state index contributed by atoms with van der Waals surface area (Å²) in [6.45, 7) is 1.58. The molecule has 4 aromatic rings. The number of hydrogen-bond donors (Lipinski definition) is 3. The first-order chi connectivity index (χ1) is 13.7. The van der Waals surface area contributed by atoms with Gasteiger partial charge in [0.2, 0.25) is 0 Å². The van der Waals surface area contributed by atoms with Crippen molar-refractivity contribution in [3.63, 3.8) is 0 Å². The molecule has 1 fully saturated rings. The topological polar surface area (TPSA) is 82.9 Å². The maximum Gasteiger partial charge on any atom is 0.168 e. The van der Waals surface area contributed by atoms with Crippen molar-refractivity contribution in [3.05, 3.63) is 54.6 Å². The van der Waals surface area contributed by atoms with E-state index in [1.807, 2.05) is 18.3 Å². The van der Waals surface area contributed by atoms with Crippen LogP contribution in [-0.2, 0) is 0 Å². The van der Waals surface area contributed by atoms with Gasteiger partial charge in [0.05, 0.1) is 18.1 Å². The average molecular weight is 381 g/mol. The summed E-state index contributed by atoms with van der Waals surface area (Å²) < 4.78 is 30.6. The Morgan fingerprint density at radius 1 is 1.14 bits per heavy atom. The molecule has 1 unspecified atom stereocenters. The lowest BCUT2D eigenvalue weighted by Crippen LogP contribution is -2.23. The molecule has 4 aromatic heterocycles. The smallest absolute Gasteiger partial charge is 0.168 e. The molecule has 3 N–H and O–H groups in total. The number of pyridine rings is 2. The third-order valence-electron chi connectivity index (χ3n) is 4.91. The Bertz CT molecular complexity index is 1130. The van der Waals surface area contributed by atoms with Crippen LogP contribution < -0.4 is 10.6 Å². The molecule has 1 atom stereocenters. The molecule has 5 heterocycles. The number of hydrogen-bond acceptors (Lipinski definition) is 5. The van der Waals surface area contributed by atoms with Crippen molar-refractivity contribution < 1.29 is 8.78 Å². The van der Waals surface area contributed by atoms with Crippen LogP contribution in [0.25, 0.3) is 28.2 Å². The predicted octanol–water partition coefficient (Wildman–Crippen LogP) is 2.84. The molecule has 1 aliphatic rings. The van der Waals surface area contributed by atoms with Crippen molar-refractivity contribution in [2.75, 3.05) is 18.4 Å². The third kappa shape index (κ3) is 2.89. The molecule has 5 rings (SSSR count). The van der Waals surface area contributed by atoms with Crippen LogP contribution in [0.5, 0.6) is 0 Å². The monoisotopic (exact) mass is 381 g/mol. The predicted molar refractivity (Wildman–Crippen MR) is 101 cm³/mol. The molecule has 0 saturated carbocycles. The van der Waals surface area contributed by atoms with Gasteiger partial charge in [-0.15, -0.1) is 0 Å². The Hall–Kier alpha value is -3.33. The fourth-order valence-corrected chi connectivity index (χ4v) is 3.45. The molecule has 28 heavy (non-hydrogen) atoms. The molecule has 7 nitrogen and oxygen atoms in total. The average Bonchev–Trinajstić information content (AvgIpc) is 3.45. The molecule has 142 valence electrons. The lowest BCUT2D eigenvalue weighted by Gasteiger charge is -2.14. The first-order valence-electron chi connectivity index (χ1n) is 8.99. The number of nitrogens with zero attached hydrogens (tertiary/aromatic N) is 4. The fraction of sp³-hybridized carbons (Fsp3) is 0.211. The van der Waals surface area contributed by atoms with E-state index in [0.29, 0.717) is 11.3 Å². The van der Waals surface area contributed by atoms with E-state index < -0.39 is 11.6 Å². The Labute approximate surface area is 158 Å². The van der Waals surface area contributed by atoms with Crippen molar-refractivity contribution in [2.24, 2.45) is 0 Å². The van der Waals surface area contributed by atoms with Crippen molar-refractivity contribution in [3.8, 4) is 22.5 Å². The van der Waals surface area contributed by atoms with E-state index in [0.717, 1.165) is 36.7 Å². The van der Waals surface area contributed by atoms with Crippen molar-refractivity contribution >= 4 is 11.5 Å². The number of aromatic amines is 1. The van der Waals surface area contributed by atoms with E-state index in [2.05, 4.69) is 30.8 Å². The van der Waals surface area contributed by atoms with E-state index in [9.17, 15) is 8.78 Å². The van der Waals surface area contributed by atoms with Crippen LogP contribution in [0.2, 0.25) is 0 Å². The van der Waals surface area contributed by atoms with Gasteiger partial charge in [0.25, 0.3) is 0 Å². The zero-order valence-corrected chi connectivity index (χ0v) is 14.8. The number of imidazole rings is 1. The summed E-state index contributed by atoms with van der Waals surface area (Å²) in [6.07, 6.45) is 7.70. The second-order valence-corrected chi connectivity index (χ2v) is 6.76. The first-order valence-corrected chi connectivity index (χ1v) is 8.99. The van der Waals surface area contributed by atoms with E-state index >= 15 is 0 Å². The van der Waals surface area contributed by atoms with Crippen LogP contribution in [0, 0.1) is 11.6 Å². The number of fused-ring (bicyclic) bond motifs is 1. The Morgan fingerprint density at radius 2 is 2.07 bits per heavy atom. The van der Waals surface area contributed by atoms with Crippen LogP contribution in [0.15, 0.2) is 43.0 Å².